The molecule has 0 fully saturated rings. The van der Waals surface area contributed by atoms with E-state index in [0.29, 0.717) is 11.9 Å². The average Bonchev–Trinajstić information content (AvgIpc) is 2.61. The Balaban J connectivity index is 1.79. The van der Waals surface area contributed by atoms with E-state index in [4.69, 9.17) is 0 Å². The summed E-state index contributed by atoms with van der Waals surface area (Å²) in [7, 11) is 0. The van der Waals surface area contributed by atoms with Gasteiger partial charge < -0.3 is 10.6 Å². The molecule has 1 aromatic heterocycles. The van der Waals surface area contributed by atoms with Crippen LogP contribution in [0.25, 0.3) is 0 Å². The van der Waals surface area contributed by atoms with Crippen molar-refractivity contribution in [3.05, 3.63) is 77.0 Å². The normalized spacial score (nSPS) is 10.8. The fourth-order valence-electron chi connectivity index (χ4n) is 2.94. The minimum absolute atomic E-state index is 0.433. The van der Waals surface area contributed by atoms with Gasteiger partial charge in [0.05, 0.1) is 0 Å². The lowest BCUT2D eigenvalue weighted by atomic mass is 10.0. The Morgan fingerprint density at radius 1 is 0.923 bits per heavy atom. The molecule has 0 saturated heterocycles. The second-order valence-corrected chi connectivity index (χ2v) is 6.87. The maximum absolute atomic E-state index is 4.64. The van der Waals surface area contributed by atoms with Gasteiger partial charge in [-0.05, 0) is 42.5 Å². The molecule has 0 unspecified atom stereocenters. The van der Waals surface area contributed by atoms with E-state index in [1.807, 2.05) is 19.1 Å². The Labute approximate surface area is 155 Å². The Morgan fingerprint density at radius 3 is 2.42 bits per heavy atom. The second kappa shape index (κ2) is 8.00. The molecule has 0 amide bonds. The van der Waals surface area contributed by atoms with Crippen LogP contribution < -0.4 is 10.6 Å². The second-order valence-electron chi connectivity index (χ2n) is 6.87. The predicted octanol–water partition coefficient (Wildman–Crippen LogP) is 5.57. The SMILES string of the molecule is Cc1cc(NCc2ccccc2C)nc(Nc2ccccc2C(C)C)n1. The summed E-state index contributed by atoms with van der Waals surface area (Å²) in [6.45, 7) is 9.23. The first-order valence-corrected chi connectivity index (χ1v) is 9.03. The van der Waals surface area contributed by atoms with Crippen molar-refractivity contribution in [3.63, 3.8) is 0 Å². The van der Waals surface area contributed by atoms with Crippen LogP contribution in [0.4, 0.5) is 17.5 Å². The first kappa shape index (κ1) is 17.9. The minimum Gasteiger partial charge on any atom is -0.366 e. The smallest absolute Gasteiger partial charge is 0.229 e. The van der Waals surface area contributed by atoms with Crippen LogP contribution in [0.2, 0.25) is 0 Å². The lowest BCUT2D eigenvalue weighted by Gasteiger charge is -2.15. The third kappa shape index (κ3) is 4.39. The summed E-state index contributed by atoms with van der Waals surface area (Å²) in [5.41, 5.74) is 5.78. The molecular formula is C22H26N4. The van der Waals surface area contributed by atoms with Crippen molar-refractivity contribution in [1.82, 2.24) is 9.97 Å². The summed E-state index contributed by atoms with van der Waals surface area (Å²) in [5, 5.41) is 6.80. The van der Waals surface area contributed by atoms with Crippen LogP contribution >= 0.6 is 0 Å². The average molecular weight is 346 g/mol. The van der Waals surface area contributed by atoms with Gasteiger partial charge in [-0.1, -0.05) is 56.3 Å². The van der Waals surface area contributed by atoms with Gasteiger partial charge in [-0.2, -0.15) is 4.98 Å². The zero-order valence-corrected chi connectivity index (χ0v) is 15.9. The van der Waals surface area contributed by atoms with Crippen LogP contribution in [-0.2, 0) is 6.54 Å². The molecule has 0 aliphatic heterocycles. The van der Waals surface area contributed by atoms with E-state index < -0.39 is 0 Å². The van der Waals surface area contributed by atoms with Crippen molar-refractivity contribution < 1.29 is 0 Å². The summed E-state index contributed by atoms with van der Waals surface area (Å²) in [4.78, 5) is 9.18. The maximum Gasteiger partial charge on any atom is 0.229 e. The predicted molar refractivity (Wildman–Crippen MR) is 109 cm³/mol. The number of aryl methyl sites for hydroxylation is 2. The van der Waals surface area contributed by atoms with Crippen LogP contribution in [-0.4, -0.2) is 9.97 Å². The molecule has 1 heterocycles. The van der Waals surface area contributed by atoms with Gasteiger partial charge in [0.15, 0.2) is 0 Å². The van der Waals surface area contributed by atoms with E-state index in [-0.39, 0.29) is 0 Å². The molecule has 0 spiro atoms. The van der Waals surface area contributed by atoms with Gasteiger partial charge in [0.1, 0.15) is 5.82 Å². The van der Waals surface area contributed by atoms with Crippen LogP contribution in [0.1, 0.15) is 42.1 Å². The third-order valence-corrected chi connectivity index (χ3v) is 4.40. The van der Waals surface area contributed by atoms with Gasteiger partial charge in [-0.3, -0.25) is 0 Å². The fourth-order valence-corrected chi connectivity index (χ4v) is 2.94. The summed E-state index contributed by atoms with van der Waals surface area (Å²) in [6, 6.07) is 18.6. The van der Waals surface area contributed by atoms with Crippen molar-refractivity contribution in [2.75, 3.05) is 10.6 Å². The van der Waals surface area contributed by atoms with E-state index in [1.165, 1.54) is 16.7 Å². The quantitative estimate of drug-likeness (QED) is 0.612. The highest BCUT2D eigenvalue weighted by atomic mass is 15.1. The highest BCUT2D eigenvalue weighted by Crippen LogP contribution is 2.26. The molecule has 4 heteroatoms. The van der Waals surface area contributed by atoms with Crippen molar-refractivity contribution in [2.45, 2.75) is 40.2 Å². The van der Waals surface area contributed by atoms with Crippen molar-refractivity contribution in [1.29, 1.82) is 0 Å². The lowest BCUT2D eigenvalue weighted by molar-refractivity contribution is 0.868. The molecule has 0 radical (unpaired) electrons. The maximum atomic E-state index is 4.64. The summed E-state index contributed by atoms with van der Waals surface area (Å²) >= 11 is 0. The largest absolute Gasteiger partial charge is 0.366 e. The molecule has 2 aromatic carbocycles. The zero-order chi connectivity index (χ0) is 18.5. The first-order chi connectivity index (χ1) is 12.5. The van der Waals surface area contributed by atoms with Gasteiger partial charge in [0.25, 0.3) is 0 Å². The zero-order valence-electron chi connectivity index (χ0n) is 15.9. The number of aromatic nitrogens is 2. The molecule has 26 heavy (non-hydrogen) atoms. The highest BCUT2D eigenvalue weighted by molar-refractivity contribution is 5.60. The number of hydrogen-bond acceptors (Lipinski definition) is 4. The third-order valence-electron chi connectivity index (χ3n) is 4.40. The van der Waals surface area contributed by atoms with Gasteiger partial charge in [-0.25, -0.2) is 4.98 Å². The molecular weight excluding hydrogens is 320 g/mol. The van der Waals surface area contributed by atoms with Gasteiger partial charge >= 0.3 is 0 Å². The van der Waals surface area contributed by atoms with Gasteiger partial charge in [0, 0.05) is 24.0 Å². The summed E-state index contributed by atoms with van der Waals surface area (Å²) in [6.07, 6.45) is 0. The topological polar surface area (TPSA) is 49.8 Å². The Hall–Kier alpha value is -2.88. The van der Waals surface area contributed by atoms with Crippen LogP contribution in [0.15, 0.2) is 54.6 Å². The molecule has 0 bridgehead atoms. The number of para-hydroxylation sites is 1. The molecule has 0 atom stereocenters. The fraction of sp³-hybridized carbons (Fsp3) is 0.273. The summed E-state index contributed by atoms with van der Waals surface area (Å²) < 4.78 is 0. The van der Waals surface area contributed by atoms with Gasteiger partial charge in [-0.15, -0.1) is 0 Å². The van der Waals surface area contributed by atoms with E-state index >= 15 is 0 Å². The van der Waals surface area contributed by atoms with Crippen LogP contribution in [0.5, 0.6) is 0 Å². The van der Waals surface area contributed by atoms with Crippen molar-refractivity contribution in [2.24, 2.45) is 0 Å². The molecule has 0 saturated carbocycles. The lowest BCUT2D eigenvalue weighted by Crippen LogP contribution is -2.07. The minimum atomic E-state index is 0.433. The number of rotatable bonds is 6. The van der Waals surface area contributed by atoms with E-state index in [0.717, 1.165) is 23.7 Å². The standard InChI is InChI=1S/C22H26N4/c1-15(2)19-11-7-8-12-20(19)25-22-24-17(4)13-21(26-22)23-14-18-10-6-5-9-16(18)3/h5-13,15H,14H2,1-4H3,(H2,23,24,25,26). The molecule has 134 valence electrons. The molecule has 3 rings (SSSR count). The molecule has 2 N–H and O–H groups in total. The first-order valence-electron chi connectivity index (χ1n) is 9.03. The van der Waals surface area contributed by atoms with Crippen molar-refractivity contribution >= 4 is 17.5 Å². The molecule has 3 aromatic rings. The highest BCUT2D eigenvalue weighted by Gasteiger charge is 2.09. The van der Waals surface area contributed by atoms with Crippen LogP contribution in [0.3, 0.4) is 0 Å². The number of nitrogens with zero attached hydrogens (tertiary/aromatic N) is 2. The number of benzene rings is 2. The summed E-state index contributed by atoms with van der Waals surface area (Å²) in [5.74, 6) is 1.87. The Kier molecular flexibility index (Phi) is 5.52. The molecule has 0 aliphatic carbocycles. The van der Waals surface area contributed by atoms with Crippen LogP contribution in [0, 0.1) is 13.8 Å². The van der Waals surface area contributed by atoms with E-state index in [1.54, 1.807) is 0 Å². The Morgan fingerprint density at radius 2 is 1.65 bits per heavy atom. The number of nitrogens with one attached hydrogen (secondary N) is 2. The molecule has 4 nitrogen and oxygen atoms in total. The molecule has 0 aliphatic rings. The monoisotopic (exact) mass is 346 g/mol. The van der Waals surface area contributed by atoms with E-state index in [2.05, 4.69) is 83.8 Å². The van der Waals surface area contributed by atoms with E-state index in [9.17, 15) is 0 Å². The van der Waals surface area contributed by atoms with Gasteiger partial charge in [0.2, 0.25) is 5.95 Å². The van der Waals surface area contributed by atoms with Crippen molar-refractivity contribution in [3.8, 4) is 0 Å². The number of anilines is 3. The Bertz CT molecular complexity index is 887. The number of hydrogen-bond donors (Lipinski definition) is 2.